The van der Waals surface area contributed by atoms with E-state index >= 15 is 0 Å². The number of likely N-dealkylation sites (tertiary alicyclic amines) is 1. The van der Waals surface area contributed by atoms with E-state index in [1.807, 2.05) is 13.1 Å². The van der Waals surface area contributed by atoms with Crippen LogP contribution in [-0.2, 0) is 20.8 Å². The number of fused-ring (bicyclic) bond motifs is 3. The van der Waals surface area contributed by atoms with Crippen LogP contribution in [0.15, 0.2) is 29.0 Å². The van der Waals surface area contributed by atoms with Crippen LogP contribution in [0.2, 0.25) is 0 Å². The highest BCUT2D eigenvalue weighted by Gasteiger charge is 2.70. The number of primary amides is 1. The van der Waals surface area contributed by atoms with E-state index in [9.17, 15) is 34.8 Å². The number of carbonyl (C=O) groups is 3. The number of aliphatic hydroxyl groups excluding tert-OH is 2. The molecule has 1 aromatic rings. The lowest BCUT2D eigenvalue weighted by Gasteiger charge is -2.57. The van der Waals surface area contributed by atoms with Gasteiger partial charge < -0.3 is 26.2 Å². The number of carbonyl (C=O) groups excluding carboxylic acids is 3. The molecule has 1 saturated carbocycles. The average molecular weight is 526 g/mol. The summed E-state index contributed by atoms with van der Waals surface area (Å²) in [6.45, 7) is 4.65. The third-order valence-electron chi connectivity index (χ3n) is 9.43. The molecule has 10 heteroatoms. The van der Waals surface area contributed by atoms with Crippen LogP contribution in [0.3, 0.4) is 0 Å². The summed E-state index contributed by atoms with van der Waals surface area (Å²) in [4.78, 5) is 43.6. The van der Waals surface area contributed by atoms with Gasteiger partial charge in [-0.2, -0.15) is 0 Å². The Balaban J connectivity index is 1.71. The molecule has 1 heterocycles. The Morgan fingerprint density at radius 2 is 1.92 bits per heavy atom. The zero-order valence-corrected chi connectivity index (χ0v) is 22.1. The quantitative estimate of drug-likeness (QED) is 0.366. The first kappa shape index (κ1) is 26.4. The summed E-state index contributed by atoms with van der Waals surface area (Å²) in [7, 11) is 3.66. The monoisotopic (exact) mass is 525 g/mol. The van der Waals surface area contributed by atoms with Crippen molar-refractivity contribution < 1.29 is 34.8 Å². The van der Waals surface area contributed by atoms with Gasteiger partial charge in [0.25, 0.3) is 5.91 Å². The van der Waals surface area contributed by atoms with Gasteiger partial charge in [0.05, 0.1) is 11.6 Å². The van der Waals surface area contributed by atoms with Crippen LogP contribution in [0.25, 0.3) is 5.76 Å². The van der Waals surface area contributed by atoms with E-state index in [0.717, 1.165) is 24.9 Å². The fraction of sp³-hybridized carbons (Fsp3) is 0.536. The Hall–Kier alpha value is -3.21. The van der Waals surface area contributed by atoms with E-state index < -0.39 is 57.5 Å². The van der Waals surface area contributed by atoms with Crippen LogP contribution < -0.4 is 5.73 Å². The van der Waals surface area contributed by atoms with Crippen LogP contribution in [-0.4, -0.2) is 86.5 Å². The van der Waals surface area contributed by atoms with Gasteiger partial charge in [-0.3, -0.25) is 24.2 Å². The summed E-state index contributed by atoms with van der Waals surface area (Å²) in [6.07, 6.45) is 2.32. The van der Waals surface area contributed by atoms with Gasteiger partial charge in [0, 0.05) is 17.0 Å². The Labute approximate surface area is 221 Å². The number of benzene rings is 1. The summed E-state index contributed by atoms with van der Waals surface area (Å²) in [5.74, 6) is -5.33. The van der Waals surface area contributed by atoms with Crippen molar-refractivity contribution in [2.45, 2.75) is 57.2 Å². The number of nitrogens with zero attached hydrogens (tertiary/aromatic N) is 2. The highest BCUT2D eigenvalue weighted by Crippen LogP contribution is 2.59. The maximum absolute atomic E-state index is 14.1. The van der Waals surface area contributed by atoms with Crippen molar-refractivity contribution in [2.24, 2.45) is 17.1 Å². The van der Waals surface area contributed by atoms with Crippen LogP contribution >= 0.6 is 0 Å². The molecule has 1 saturated heterocycles. The number of hydrogen-bond donors (Lipinski definition) is 5. The lowest BCUT2D eigenvalue weighted by Crippen LogP contribution is -2.71. The fourth-order valence-corrected chi connectivity index (χ4v) is 7.46. The van der Waals surface area contributed by atoms with Crippen molar-refractivity contribution in [3.05, 3.63) is 45.7 Å². The highest BCUT2D eigenvalue weighted by atomic mass is 16.3. The molecule has 204 valence electrons. The third-order valence-corrected chi connectivity index (χ3v) is 9.43. The average Bonchev–Trinajstić information content (AvgIpc) is 3.26. The minimum absolute atomic E-state index is 0.0548. The van der Waals surface area contributed by atoms with Gasteiger partial charge in [0.2, 0.25) is 5.78 Å². The Kier molecular flexibility index (Phi) is 6.01. The molecule has 0 bridgehead atoms. The topological polar surface area (TPSA) is 165 Å². The first-order valence-electron chi connectivity index (χ1n) is 13.0. The maximum Gasteiger partial charge on any atom is 0.255 e. The normalized spacial score (nSPS) is 33.5. The molecule has 3 aliphatic carbocycles. The molecular formula is C28H35N3O7. The first-order chi connectivity index (χ1) is 17.8. The zero-order valence-electron chi connectivity index (χ0n) is 22.1. The summed E-state index contributed by atoms with van der Waals surface area (Å²) in [5.41, 5.74) is 1.97. The molecule has 2 fully saturated rings. The summed E-state index contributed by atoms with van der Waals surface area (Å²) in [6, 6.07) is 2.55. The van der Waals surface area contributed by atoms with Gasteiger partial charge in [0.1, 0.15) is 22.8 Å². The second-order valence-corrected chi connectivity index (χ2v) is 11.5. The summed E-state index contributed by atoms with van der Waals surface area (Å²) >= 11 is 0. The molecule has 0 radical (unpaired) electrons. The van der Waals surface area contributed by atoms with Crippen molar-refractivity contribution in [1.82, 2.24) is 9.80 Å². The van der Waals surface area contributed by atoms with Gasteiger partial charge in [-0.25, -0.2) is 0 Å². The van der Waals surface area contributed by atoms with E-state index in [0.29, 0.717) is 12.1 Å². The number of rotatable bonds is 4. The fourth-order valence-electron chi connectivity index (χ4n) is 7.46. The number of phenolic OH excluding ortho intramolecular Hbond substituents is 1. The van der Waals surface area contributed by atoms with Gasteiger partial charge in [-0.05, 0) is 76.0 Å². The van der Waals surface area contributed by atoms with Crippen LogP contribution in [0, 0.1) is 11.3 Å². The molecule has 6 N–H and O–H groups in total. The Morgan fingerprint density at radius 1 is 1.24 bits per heavy atom. The molecule has 0 aromatic heterocycles. The molecule has 38 heavy (non-hydrogen) atoms. The van der Waals surface area contributed by atoms with Gasteiger partial charge in [-0.1, -0.05) is 19.9 Å². The molecule has 4 aliphatic rings. The first-order valence-corrected chi connectivity index (χ1v) is 13.0. The van der Waals surface area contributed by atoms with E-state index in [1.54, 1.807) is 31.9 Å². The van der Waals surface area contributed by atoms with Crippen molar-refractivity contribution in [3.8, 4) is 5.75 Å². The lowest BCUT2D eigenvalue weighted by atomic mass is 9.50. The standard InChI is InChI=1S/C28H35N3O7/c1-5-30(3)23-22(34)20(26(29)37)25(36)28(38)24(35)19-15(12-27(23,28)2)10-14-9-13(16-7-6-8-31(16)4)11-17(32)18(14)21(19)33/h9,11,15-16,23,32-33,36,38H,5-8,10,12H2,1-4H3,(H2,29,37)/t15-,16?,23+,27-,28-/m0/s1. The predicted molar refractivity (Wildman–Crippen MR) is 138 cm³/mol. The minimum atomic E-state index is -2.68. The number of amides is 1. The second kappa shape index (κ2) is 8.65. The molecule has 5 atom stereocenters. The highest BCUT2D eigenvalue weighted by molar-refractivity contribution is 6.25. The Morgan fingerprint density at radius 3 is 2.50 bits per heavy atom. The number of aliphatic hydroxyl groups is 3. The second-order valence-electron chi connectivity index (χ2n) is 11.5. The van der Waals surface area contributed by atoms with E-state index in [-0.39, 0.29) is 35.8 Å². The van der Waals surface area contributed by atoms with Crippen molar-refractivity contribution in [1.29, 1.82) is 0 Å². The van der Waals surface area contributed by atoms with E-state index in [2.05, 4.69) is 4.90 Å². The number of phenols is 1. The number of nitrogens with two attached hydrogens (primary N) is 1. The smallest absolute Gasteiger partial charge is 0.255 e. The third kappa shape index (κ3) is 3.26. The molecular weight excluding hydrogens is 490 g/mol. The van der Waals surface area contributed by atoms with Crippen LogP contribution in [0.4, 0.5) is 0 Å². The van der Waals surface area contributed by atoms with Gasteiger partial charge >= 0.3 is 0 Å². The van der Waals surface area contributed by atoms with Crippen LogP contribution in [0.5, 0.6) is 5.75 Å². The van der Waals surface area contributed by atoms with Crippen LogP contribution in [0.1, 0.15) is 55.8 Å². The number of aromatic hydroxyl groups is 1. The van der Waals surface area contributed by atoms with Gasteiger partial charge in [-0.15, -0.1) is 0 Å². The number of likely N-dealkylation sites (N-methyl/N-ethyl adjacent to an activating group) is 1. The van der Waals surface area contributed by atoms with E-state index in [1.165, 1.54) is 0 Å². The van der Waals surface area contributed by atoms with Crippen molar-refractivity contribution >= 4 is 23.2 Å². The lowest BCUT2D eigenvalue weighted by molar-refractivity contribution is -0.172. The molecule has 10 nitrogen and oxygen atoms in total. The SMILES string of the molecule is CCN(C)[C@@H]1C(=O)C(C(N)=O)=C(O)[C@@]2(O)C(=O)C3=C(O)c4c(O)cc(C5CCCN5C)cc4C[C@H]3C[C@@]12C. The molecule has 1 aliphatic heterocycles. The van der Waals surface area contributed by atoms with Crippen molar-refractivity contribution in [3.63, 3.8) is 0 Å². The summed E-state index contributed by atoms with van der Waals surface area (Å²) < 4.78 is 0. The maximum atomic E-state index is 14.1. The number of ketones is 2. The number of hydrogen-bond acceptors (Lipinski definition) is 9. The van der Waals surface area contributed by atoms with E-state index in [4.69, 9.17) is 5.73 Å². The minimum Gasteiger partial charge on any atom is -0.508 e. The van der Waals surface area contributed by atoms with Crippen molar-refractivity contribution in [2.75, 3.05) is 27.2 Å². The molecule has 1 aromatic carbocycles. The molecule has 5 rings (SSSR count). The Bertz CT molecular complexity index is 1330. The molecule has 1 amide bonds. The predicted octanol–water partition coefficient (Wildman–Crippen LogP) is 1.51. The van der Waals surface area contributed by atoms with Gasteiger partial charge in [0.15, 0.2) is 11.4 Å². The molecule has 0 spiro atoms. The summed E-state index contributed by atoms with van der Waals surface area (Å²) in [5, 5.41) is 45.4. The largest absolute Gasteiger partial charge is 0.508 e. The molecule has 1 unspecified atom stereocenters. The zero-order chi connectivity index (χ0) is 27.9. The number of Topliss-reactive ketones (excluding diaryl/α,β-unsaturated/α-hetero) is 2.